The highest BCUT2D eigenvalue weighted by Crippen LogP contribution is 2.27. The van der Waals surface area contributed by atoms with Gasteiger partial charge in [0, 0.05) is 28.8 Å². The monoisotopic (exact) mass is 424 g/mol. The minimum Gasteiger partial charge on any atom is -0.322 e. The molecule has 5 nitrogen and oxygen atoms in total. The number of rotatable bonds is 6. The molecule has 0 atom stereocenters. The van der Waals surface area contributed by atoms with Crippen LogP contribution in [0.25, 0.3) is 0 Å². The lowest BCUT2D eigenvalue weighted by Crippen LogP contribution is -2.31. The van der Waals surface area contributed by atoms with Crippen LogP contribution in [-0.2, 0) is 10.0 Å². The van der Waals surface area contributed by atoms with Crippen LogP contribution in [0.5, 0.6) is 0 Å². The van der Waals surface area contributed by atoms with Gasteiger partial charge in [-0.25, -0.2) is 8.42 Å². The Morgan fingerprint density at radius 3 is 2.36 bits per heavy atom. The standard InChI is InChI=1S/C18H21BrN2O3S/c1-4-21(5-2)25(23,24)17-12-14(10-11-15(17)19)18(22)20-16-9-7-6-8-13(16)3/h6-12H,4-5H2,1-3H3,(H,20,22). The molecule has 1 amide bonds. The van der Waals surface area contributed by atoms with Crippen LogP contribution in [0.1, 0.15) is 29.8 Å². The molecule has 0 bridgehead atoms. The average Bonchev–Trinajstić information content (AvgIpc) is 2.58. The molecule has 134 valence electrons. The molecule has 25 heavy (non-hydrogen) atoms. The van der Waals surface area contributed by atoms with Gasteiger partial charge >= 0.3 is 0 Å². The summed E-state index contributed by atoms with van der Waals surface area (Å²) in [5.41, 5.74) is 1.92. The lowest BCUT2D eigenvalue weighted by molar-refractivity contribution is 0.102. The predicted octanol–water partition coefficient (Wildman–Crippen LogP) is 4.04. The first-order valence-electron chi connectivity index (χ1n) is 7.98. The molecule has 0 aliphatic heterocycles. The van der Waals surface area contributed by atoms with E-state index in [9.17, 15) is 13.2 Å². The van der Waals surface area contributed by atoms with Crippen molar-refractivity contribution in [3.63, 3.8) is 0 Å². The molecule has 0 spiro atoms. The molecule has 2 aromatic rings. The van der Waals surface area contributed by atoms with Gasteiger partial charge in [-0.1, -0.05) is 32.0 Å². The van der Waals surface area contributed by atoms with Crippen LogP contribution in [0.3, 0.4) is 0 Å². The second-order valence-electron chi connectivity index (χ2n) is 5.50. The summed E-state index contributed by atoms with van der Waals surface area (Å²) >= 11 is 3.28. The zero-order valence-electron chi connectivity index (χ0n) is 14.4. The van der Waals surface area contributed by atoms with Crippen LogP contribution in [0.2, 0.25) is 0 Å². The Hall–Kier alpha value is -1.70. The maximum Gasteiger partial charge on any atom is 0.255 e. The second kappa shape index (κ2) is 8.12. The number of halogens is 1. The van der Waals surface area contributed by atoms with E-state index >= 15 is 0 Å². The van der Waals surface area contributed by atoms with Crippen molar-refractivity contribution < 1.29 is 13.2 Å². The van der Waals surface area contributed by atoms with E-state index in [0.717, 1.165) is 5.56 Å². The maximum atomic E-state index is 12.8. The molecule has 2 rings (SSSR count). The minimum atomic E-state index is -3.66. The summed E-state index contributed by atoms with van der Waals surface area (Å²) in [6, 6.07) is 12.0. The maximum absolute atomic E-state index is 12.8. The van der Waals surface area contributed by atoms with Crippen molar-refractivity contribution in [2.75, 3.05) is 18.4 Å². The number of nitrogens with one attached hydrogen (secondary N) is 1. The Kier molecular flexibility index (Phi) is 6.37. The van der Waals surface area contributed by atoms with Crippen molar-refractivity contribution in [1.82, 2.24) is 4.31 Å². The van der Waals surface area contributed by atoms with Crippen LogP contribution < -0.4 is 5.32 Å². The molecule has 0 radical (unpaired) electrons. The lowest BCUT2D eigenvalue weighted by Gasteiger charge is -2.19. The third-order valence-corrected chi connectivity index (χ3v) is 6.95. The summed E-state index contributed by atoms with van der Waals surface area (Å²) in [5.74, 6) is -0.349. The van der Waals surface area contributed by atoms with E-state index < -0.39 is 10.0 Å². The number of carbonyl (C=O) groups is 1. The van der Waals surface area contributed by atoms with E-state index in [1.54, 1.807) is 32.0 Å². The summed E-state index contributed by atoms with van der Waals surface area (Å²) < 4.78 is 27.3. The van der Waals surface area contributed by atoms with E-state index in [2.05, 4.69) is 21.2 Å². The second-order valence-corrected chi connectivity index (χ2v) is 8.26. The predicted molar refractivity (Wildman–Crippen MR) is 103 cm³/mol. The number of carbonyl (C=O) groups excluding carboxylic acids is 1. The van der Waals surface area contributed by atoms with Crippen LogP contribution in [0, 0.1) is 6.92 Å². The number of benzene rings is 2. The van der Waals surface area contributed by atoms with Gasteiger partial charge in [-0.05, 0) is 52.7 Å². The largest absolute Gasteiger partial charge is 0.322 e. The molecule has 0 saturated heterocycles. The Morgan fingerprint density at radius 2 is 1.76 bits per heavy atom. The fourth-order valence-electron chi connectivity index (χ4n) is 2.45. The molecule has 0 aliphatic rings. The minimum absolute atomic E-state index is 0.0913. The summed E-state index contributed by atoms with van der Waals surface area (Å²) in [6.07, 6.45) is 0. The van der Waals surface area contributed by atoms with Gasteiger partial charge in [0.15, 0.2) is 0 Å². The van der Waals surface area contributed by atoms with Gasteiger partial charge < -0.3 is 5.32 Å². The summed E-state index contributed by atoms with van der Waals surface area (Å²) in [7, 11) is -3.66. The van der Waals surface area contributed by atoms with E-state index in [1.807, 2.05) is 25.1 Å². The molecule has 0 aromatic heterocycles. The van der Waals surface area contributed by atoms with Gasteiger partial charge in [-0.3, -0.25) is 4.79 Å². The van der Waals surface area contributed by atoms with Crippen molar-refractivity contribution in [2.45, 2.75) is 25.7 Å². The molecular formula is C18H21BrN2O3S. The summed E-state index contributed by atoms with van der Waals surface area (Å²) in [6.45, 7) is 6.19. The highest BCUT2D eigenvalue weighted by atomic mass is 79.9. The van der Waals surface area contributed by atoms with Crippen molar-refractivity contribution in [3.05, 3.63) is 58.1 Å². The van der Waals surface area contributed by atoms with Gasteiger partial charge in [-0.2, -0.15) is 4.31 Å². The highest BCUT2D eigenvalue weighted by Gasteiger charge is 2.25. The molecule has 0 unspecified atom stereocenters. The number of amides is 1. The Morgan fingerprint density at radius 1 is 1.12 bits per heavy atom. The van der Waals surface area contributed by atoms with Crippen molar-refractivity contribution in [3.8, 4) is 0 Å². The third-order valence-electron chi connectivity index (χ3n) is 3.91. The lowest BCUT2D eigenvalue weighted by atomic mass is 10.1. The molecule has 0 heterocycles. The Bertz CT molecular complexity index is 878. The van der Waals surface area contributed by atoms with E-state index in [-0.39, 0.29) is 16.4 Å². The fourth-order valence-corrected chi connectivity index (χ4v) is 4.86. The smallest absolute Gasteiger partial charge is 0.255 e. The zero-order valence-corrected chi connectivity index (χ0v) is 16.8. The number of anilines is 1. The first-order valence-corrected chi connectivity index (χ1v) is 10.2. The molecular weight excluding hydrogens is 404 g/mol. The number of nitrogens with zero attached hydrogens (tertiary/aromatic N) is 1. The van der Waals surface area contributed by atoms with Gasteiger partial charge in [0.1, 0.15) is 0 Å². The van der Waals surface area contributed by atoms with Crippen LogP contribution in [0.4, 0.5) is 5.69 Å². The number of para-hydroxylation sites is 1. The molecule has 7 heteroatoms. The van der Waals surface area contributed by atoms with Crippen molar-refractivity contribution >= 4 is 37.5 Å². The zero-order chi connectivity index (χ0) is 18.6. The fraction of sp³-hybridized carbons (Fsp3) is 0.278. The van der Waals surface area contributed by atoms with Crippen LogP contribution in [-0.4, -0.2) is 31.7 Å². The number of hydrogen-bond donors (Lipinski definition) is 1. The highest BCUT2D eigenvalue weighted by molar-refractivity contribution is 9.10. The number of sulfonamides is 1. The summed E-state index contributed by atoms with van der Waals surface area (Å²) in [4.78, 5) is 12.6. The Labute approximate surface area is 157 Å². The quantitative estimate of drug-likeness (QED) is 0.760. The number of aryl methyl sites for hydroxylation is 1. The van der Waals surface area contributed by atoms with Gasteiger partial charge in [0.25, 0.3) is 5.91 Å². The molecule has 1 N–H and O–H groups in total. The SMILES string of the molecule is CCN(CC)S(=O)(=O)c1cc(C(=O)Nc2ccccc2C)ccc1Br. The molecule has 0 fully saturated rings. The average molecular weight is 425 g/mol. The third kappa shape index (κ3) is 4.29. The summed E-state index contributed by atoms with van der Waals surface area (Å²) in [5, 5.41) is 2.82. The molecule has 2 aromatic carbocycles. The van der Waals surface area contributed by atoms with Crippen LogP contribution >= 0.6 is 15.9 Å². The molecule has 0 aliphatic carbocycles. The van der Waals surface area contributed by atoms with Gasteiger partial charge in [0.05, 0.1) is 4.90 Å². The first-order chi connectivity index (χ1) is 11.8. The van der Waals surface area contributed by atoms with Crippen LogP contribution in [0.15, 0.2) is 51.8 Å². The number of hydrogen-bond acceptors (Lipinski definition) is 3. The van der Waals surface area contributed by atoms with Crippen molar-refractivity contribution in [2.24, 2.45) is 0 Å². The molecule has 0 saturated carbocycles. The van der Waals surface area contributed by atoms with Crippen molar-refractivity contribution in [1.29, 1.82) is 0 Å². The van der Waals surface area contributed by atoms with Gasteiger partial charge in [0.2, 0.25) is 10.0 Å². The van der Waals surface area contributed by atoms with E-state index in [1.165, 1.54) is 10.4 Å². The Balaban J connectivity index is 2.39. The van der Waals surface area contributed by atoms with Gasteiger partial charge in [-0.15, -0.1) is 0 Å². The topological polar surface area (TPSA) is 66.5 Å². The first kappa shape index (κ1) is 19.6. The van der Waals surface area contributed by atoms with E-state index in [4.69, 9.17) is 0 Å². The normalized spacial score (nSPS) is 11.6. The van der Waals surface area contributed by atoms with E-state index in [0.29, 0.717) is 23.2 Å².